The van der Waals surface area contributed by atoms with Gasteiger partial charge in [0.05, 0.1) is 10.7 Å². The average Bonchev–Trinajstić information content (AvgIpc) is 2.79. The summed E-state index contributed by atoms with van der Waals surface area (Å²) in [4.78, 5) is 43.0. The lowest BCUT2D eigenvalue weighted by atomic mass is 9.93. The fourth-order valence-electron chi connectivity index (χ4n) is 4.52. The first-order chi connectivity index (χ1) is 18.4. The molecule has 0 aliphatic rings. The van der Waals surface area contributed by atoms with E-state index in [0.29, 0.717) is 28.4 Å². The number of carbonyl (C=O) groups excluding carboxylic acids is 3. The Morgan fingerprint density at radius 2 is 1.60 bits per heavy atom. The van der Waals surface area contributed by atoms with E-state index in [1.54, 1.807) is 43.5 Å². The largest absolute Gasteiger partial charge is 0.444 e. The van der Waals surface area contributed by atoms with Crippen LogP contribution >= 0.6 is 23.4 Å². The highest BCUT2D eigenvalue weighted by atomic mass is 35.5. The second kappa shape index (κ2) is 13.8. The summed E-state index contributed by atoms with van der Waals surface area (Å²) in [5, 5.41) is 6.18. The molecular formula is C31H44ClN3O4S. The Balaban J connectivity index is 2.66. The number of ether oxygens (including phenoxy) is 1. The number of nitrogens with zero attached hydrogens (tertiary/aromatic N) is 1. The van der Waals surface area contributed by atoms with Crippen molar-refractivity contribution >= 4 is 47.0 Å². The van der Waals surface area contributed by atoms with Gasteiger partial charge in [0.2, 0.25) is 5.91 Å². The van der Waals surface area contributed by atoms with E-state index in [1.165, 1.54) is 0 Å². The first kappa shape index (κ1) is 33.5. The molecule has 9 heteroatoms. The first-order valence-electron chi connectivity index (χ1n) is 13.4. The van der Waals surface area contributed by atoms with Gasteiger partial charge in [0, 0.05) is 5.54 Å². The number of rotatable bonds is 9. The number of anilines is 1. The van der Waals surface area contributed by atoms with E-state index in [-0.39, 0.29) is 5.91 Å². The average molecular weight is 590 g/mol. The number of hydrogen-bond donors (Lipinski definition) is 2. The molecule has 0 aromatic heterocycles. The fraction of sp³-hybridized carbons (Fsp3) is 0.516. The number of hydrogen-bond acceptors (Lipinski definition) is 5. The van der Waals surface area contributed by atoms with Gasteiger partial charge in [-0.2, -0.15) is 11.8 Å². The van der Waals surface area contributed by atoms with Crippen molar-refractivity contribution in [2.24, 2.45) is 0 Å². The van der Waals surface area contributed by atoms with Crippen molar-refractivity contribution < 1.29 is 19.1 Å². The third kappa shape index (κ3) is 9.44. The fourth-order valence-corrected chi connectivity index (χ4v) is 5.26. The summed E-state index contributed by atoms with van der Waals surface area (Å²) in [5.74, 6) is -0.142. The summed E-state index contributed by atoms with van der Waals surface area (Å²) in [6, 6.07) is 9.35. The summed E-state index contributed by atoms with van der Waals surface area (Å²) in [6.07, 6.45) is 1.63. The minimum Gasteiger partial charge on any atom is -0.444 e. The molecule has 0 saturated carbocycles. The molecule has 2 aromatic carbocycles. The number of nitrogens with one attached hydrogen (secondary N) is 2. The molecule has 0 bridgehead atoms. The van der Waals surface area contributed by atoms with Gasteiger partial charge in [-0.15, -0.1) is 0 Å². The van der Waals surface area contributed by atoms with Crippen LogP contribution in [0.5, 0.6) is 0 Å². The lowest BCUT2D eigenvalue weighted by Crippen LogP contribution is -2.58. The minimum atomic E-state index is -1.00. The molecule has 0 heterocycles. The van der Waals surface area contributed by atoms with Crippen molar-refractivity contribution in [2.75, 3.05) is 17.3 Å². The molecule has 3 amide bonds. The third-order valence-electron chi connectivity index (χ3n) is 6.10. The second-order valence-corrected chi connectivity index (χ2v) is 13.5. The molecule has 2 N–H and O–H groups in total. The molecule has 0 aliphatic heterocycles. The smallest absolute Gasteiger partial charge is 0.408 e. The Kier molecular flexibility index (Phi) is 11.5. The first-order valence-corrected chi connectivity index (χ1v) is 15.2. The third-order valence-corrected chi connectivity index (χ3v) is 7.06. The molecule has 0 aliphatic carbocycles. The topological polar surface area (TPSA) is 87.7 Å². The standard InChI is InChI=1S/C31H44ClN3O4S/c1-19-16-20(2)18-22(17-19)26(27(36)34-25-21(3)12-11-13-23(25)32)35(30(4,5)6)28(37)24(14-15-40-10)33-29(38)39-31(7,8)9/h11-13,16-18,24,26H,14-15H2,1-10H3,(H,33,38)(H,34,36). The Hall–Kier alpha value is -2.71. The van der Waals surface area contributed by atoms with Crippen LogP contribution in [-0.2, 0) is 14.3 Å². The second-order valence-electron chi connectivity index (χ2n) is 12.1. The van der Waals surface area contributed by atoms with E-state index in [0.717, 1.165) is 16.7 Å². The summed E-state index contributed by atoms with van der Waals surface area (Å²) >= 11 is 8.04. The normalized spacial score (nSPS) is 13.3. The van der Waals surface area contributed by atoms with Crippen LogP contribution in [-0.4, -0.2) is 52.0 Å². The number of thioether (sulfide) groups is 1. The van der Waals surface area contributed by atoms with Gasteiger partial charge in [-0.25, -0.2) is 4.79 Å². The van der Waals surface area contributed by atoms with Crippen LogP contribution in [0.1, 0.15) is 76.3 Å². The highest BCUT2D eigenvalue weighted by molar-refractivity contribution is 7.98. The summed E-state index contributed by atoms with van der Waals surface area (Å²) in [5.41, 5.74) is 2.38. The number of aryl methyl sites for hydroxylation is 3. The molecule has 2 aromatic rings. The van der Waals surface area contributed by atoms with Gasteiger partial charge in [0.1, 0.15) is 17.7 Å². The zero-order valence-corrected chi connectivity index (χ0v) is 27.0. The number of amides is 3. The van der Waals surface area contributed by atoms with Crippen LogP contribution in [0.25, 0.3) is 0 Å². The van der Waals surface area contributed by atoms with Crippen LogP contribution in [0.2, 0.25) is 5.02 Å². The molecule has 0 saturated heterocycles. The molecule has 220 valence electrons. The van der Waals surface area contributed by atoms with Crippen molar-refractivity contribution in [1.82, 2.24) is 10.2 Å². The van der Waals surface area contributed by atoms with Crippen LogP contribution in [0.15, 0.2) is 36.4 Å². The molecule has 0 fully saturated rings. The van der Waals surface area contributed by atoms with Crippen molar-refractivity contribution in [3.63, 3.8) is 0 Å². The zero-order chi connectivity index (χ0) is 30.4. The maximum absolute atomic E-state index is 14.4. The number of para-hydroxylation sites is 1. The van der Waals surface area contributed by atoms with Crippen LogP contribution in [0.4, 0.5) is 10.5 Å². The molecule has 2 unspecified atom stereocenters. The predicted octanol–water partition coefficient (Wildman–Crippen LogP) is 7.22. The van der Waals surface area contributed by atoms with E-state index in [2.05, 4.69) is 10.6 Å². The van der Waals surface area contributed by atoms with Crippen molar-refractivity contribution in [2.45, 2.75) is 92.0 Å². The maximum Gasteiger partial charge on any atom is 0.408 e. The van der Waals surface area contributed by atoms with Gasteiger partial charge < -0.3 is 20.3 Å². The lowest BCUT2D eigenvalue weighted by molar-refractivity contribution is -0.146. The van der Waals surface area contributed by atoms with Crippen LogP contribution < -0.4 is 10.6 Å². The van der Waals surface area contributed by atoms with Crippen molar-refractivity contribution in [1.29, 1.82) is 0 Å². The zero-order valence-electron chi connectivity index (χ0n) is 25.4. The lowest BCUT2D eigenvalue weighted by Gasteiger charge is -2.43. The number of halogens is 1. The number of benzene rings is 2. The number of carbonyl (C=O) groups is 3. The van der Waals surface area contributed by atoms with Crippen LogP contribution in [0, 0.1) is 20.8 Å². The van der Waals surface area contributed by atoms with E-state index in [9.17, 15) is 14.4 Å². The highest BCUT2D eigenvalue weighted by Gasteiger charge is 2.42. The quantitative estimate of drug-likeness (QED) is 0.322. The van der Waals surface area contributed by atoms with Gasteiger partial charge in [0.15, 0.2) is 0 Å². The van der Waals surface area contributed by atoms with Gasteiger partial charge in [-0.1, -0.05) is 53.1 Å². The van der Waals surface area contributed by atoms with Gasteiger partial charge in [-0.05, 0) is 97.9 Å². The van der Waals surface area contributed by atoms with Crippen molar-refractivity contribution in [3.8, 4) is 0 Å². The highest BCUT2D eigenvalue weighted by Crippen LogP contribution is 2.34. The molecular weight excluding hydrogens is 546 g/mol. The Labute approximate surface area is 248 Å². The summed E-state index contributed by atoms with van der Waals surface area (Å²) in [7, 11) is 0. The van der Waals surface area contributed by atoms with Gasteiger partial charge in [0.25, 0.3) is 5.91 Å². The molecule has 2 rings (SSSR count). The van der Waals surface area contributed by atoms with Gasteiger partial charge in [-0.3, -0.25) is 9.59 Å². The molecule has 0 spiro atoms. The van der Waals surface area contributed by atoms with E-state index in [1.807, 2.05) is 78.1 Å². The maximum atomic E-state index is 14.4. The number of alkyl carbamates (subject to hydrolysis) is 1. The summed E-state index contributed by atoms with van der Waals surface area (Å²) in [6.45, 7) is 16.7. The molecule has 40 heavy (non-hydrogen) atoms. The molecule has 7 nitrogen and oxygen atoms in total. The SMILES string of the molecule is CSCCC(NC(=O)OC(C)(C)C)C(=O)N(C(C(=O)Nc1c(C)cccc1Cl)c1cc(C)cc(C)c1)C(C)(C)C. The monoisotopic (exact) mass is 589 g/mol. The molecule has 0 radical (unpaired) electrons. The van der Waals surface area contributed by atoms with E-state index < -0.39 is 35.2 Å². The van der Waals surface area contributed by atoms with Crippen molar-refractivity contribution in [3.05, 3.63) is 63.7 Å². The van der Waals surface area contributed by atoms with E-state index in [4.69, 9.17) is 16.3 Å². The summed E-state index contributed by atoms with van der Waals surface area (Å²) < 4.78 is 5.47. The van der Waals surface area contributed by atoms with Crippen LogP contribution in [0.3, 0.4) is 0 Å². The van der Waals surface area contributed by atoms with E-state index >= 15 is 0 Å². The minimum absolute atomic E-state index is 0.372. The Bertz CT molecular complexity index is 1180. The molecule has 2 atom stereocenters. The Morgan fingerprint density at radius 1 is 1.00 bits per heavy atom. The Morgan fingerprint density at radius 3 is 2.10 bits per heavy atom. The van der Waals surface area contributed by atoms with Gasteiger partial charge >= 0.3 is 6.09 Å². The predicted molar refractivity (Wildman–Crippen MR) is 166 cm³/mol.